The van der Waals surface area contributed by atoms with E-state index in [2.05, 4.69) is 4.72 Å². The Bertz CT molecular complexity index is 546. The number of hydrogen-bond acceptors (Lipinski definition) is 4. The Morgan fingerprint density at radius 3 is 2.89 bits per heavy atom. The normalized spacial score (nSPS) is 12.1. The highest BCUT2D eigenvalue weighted by atomic mass is 32.2. The maximum atomic E-state index is 11.6. The molecule has 0 aliphatic carbocycles. The van der Waals surface area contributed by atoms with Crippen LogP contribution < -0.4 is 4.72 Å². The summed E-state index contributed by atoms with van der Waals surface area (Å²) in [7, 11) is -3.25. The molecule has 0 aliphatic rings. The van der Waals surface area contributed by atoms with Crippen molar-refractivity contribution in [1.82, 2.24) is 4.72 Å². The minimum absolute atomic E-state index is 0.120. The monoisotopic (exact) mass is 303 g/mol. The first-order chi connectivity index (χ1) is 8.94. The molecule has 0 saturated carbocycles. The van der Waals surface area contributed by atoms with Crippen LogP contribution >= 0.6 is 11.3 Å². The van der Waals surface area contributed by atoms with Crippen LogP contribution in [0.3, 0.4) is 0 Å². The molecule has 106 valence electrons. The molecule has 0 saturated heterocycles. The number of rotatable bonds is 8. The number of hydrogen-bond donors (Lipinski definition) is 2. The summed E-state index contributed by atoms with van der Waals surface area (Å²) in [5, 5.41) is 10.4. The smallest absolute Gasteiger partial charge is 0.328 e. The van der Waals surface area contributed by atoms with E-state index in [4.69, 9.17) is 5.11 Å². The van der Waals surface area contributed by atoms with Gasteiger partial charge in [-0.2, -0.15) is 0 Å². The lowest BCUT2D eigenvalue weighted by Crippen LogP contribution is -2.25. The zero-order chi connectivity index (χ0) is 14.3. The molecule has 19 heavy (non-hydrogen) atoms. The molecule has 0 radical (unpaired) electrons. The summed E-state index contributed by atoms with van der Waals surface area (Å²) in [4.78, 5) is 11.2. The van der Waals surface area contributed by atoms with E-state index in [1.54, 1.807) is 11.4 Å². The second kappa shape index (κ2) is 7.42. The van der Waals surface area contributed by atoms with Crippen molar-refractivity contribution in [2.24, 2.45) is 0 Å². The van der Waals surface area contributed by atoms with Crippen LogP contribution in [0.1, 0.15) is 30.2 Å². The fourth-order valence-corrected chi connectivity index (χ4v) is 3.46. The van der Waals surface area contributed by atoms with Gasteiger partial charge in [-0.05, 0) is 29.5 Å². The van der Waals surface area contributed by atoms with Gasteiger partial charge in [-0.3, -0.25) is 0 Å². The van der Waals surface area contributed by atoms with Gasteiger partial charge in [-0.15, -0.1) is 11.3 Å². The van der Waals surface area contributed by atoms with Gasteiger partial charge in [0.2, 0.25) is 10.0 Å². The zero-order valence-corrected chi connectivity index (χ0v) is 12.3. The number of nitrogens with one attached hydrogen (secondary N) is 1. The Morgan fingerprint density at radius 1 is 1.53 bits per heavy atom. The summed E-state index contributed by atoms with van der Waals surface area (Å²) in [6, 6.07) is 1.76. The SMILES string of the molecule is CCCCS(=O)(=O)NCc1sccc1C=CC(=O)O. The lowest BCUT2D eigenvalue weighted by molar-refractivity contribution is -0.131. The number of aliphatic carboxylic acids is 1. The van der Waals surface area contributed by atoms with Gasteiger partial charge in [0.05, 0.1) is 5.75 Å². The van der Waals surface area contributed by atoms with Crippen LogP contribution in [0.4, 0.5) is 0 Å². The average Bonchev–Trinajstić information content (AvgIpc) is 2.79. The molecule has 0 unspecified atom stereocenters. The molecule has 1 aromatic rings. The van der Waals surface area contributed by atoms with Crippen LogP contribution in [0.15, 0.2) is 17.5 Å². The predicted octanol–water partition coefficient (Wildman–Crippen LogP) is 2.07. The van der Waals surface area contributed by atoms with E-state index in [1.807, 2.05) is 6.92 Å². The number of sulfonamides is 1. The second-order valence-electron chi connectivity index (χ2n) is 3.96. The van der Waals surface area contributed by atoms with Gasteiger partial charge < -0.3 is 5.11 Å². The number of carboxylic acid groups (broad SMARTS) is 1. The van der Waals surface area contributed by atoms with Crippen molar-refractivity contribution >= 4 is 33.4 Å². The van der Waals surface area contributed by atoms with Crippen LogP contribution in [-0.4, -0.2) is 25.2 Å². The van der Waals surface area contributed by atoms with Crippen LogP contribution in [0.5, 0.6) is 0 Å². The summed E-state index contributed by atoms with van der Waals surface area (Å²) in [6.45, 7) is 2.13. The summed E-state index contributed by atoms with van der Waals surface area (Å²) in [5.74, 6) is -0.907. The highest BCUT2D eigenvalue weighted by Crippen LogP contribution is 2.18. The first-order valence-corrected chi connectivity index (χ1v) is 8.42. The van der Waals surface area contributed by atoms with E-state index in [0.717, 1.165) is 22.9 Å². The third-order valence-electron chi connectivity index (χ3n) is 2.40. The first kappa shape index (κ1) is 15.9. The van der Waals surface area contributed by atoms with Gasteiger partial charge >= 0.3 is 5.97 Å². The molecule has 0 spiro atoms. The molecular weight excluding hydrogens is 286 g/mol. The Balaban J connectivity index is 2.64. The van der Waals surface area contributed by atoms with Gasteiger partial charge in [0.15, 0.2) is 0 Å². The van der Waals surface area contributed by atoms with Gasteiger partial charge in [0.1, 0.15) is 0 Å². The second-order valence-corrected chi connectivity index (χ2v) is 6.89. The average molecular weight is 303 g/mol. The molecule has 0 aliphatic heterocycles. The molecule has 0 amide bonds. The number of unbranched alkanes of at least 4 members (excludes halogenated alkanes) is 1. The van der Waals surface area contributed by atoms with Crippen LogP contribution in [0.2, 0.25) is 0 Å². The number of carboxylic acids is 1. The minimum atomic E-state index is -3.25. The Kier molecular flexibility index (Phi) is 6.20. The van der Waals surface area contributed by atoms with Crippen molar-refractivity contribution in [3.8, 4) is 0 Å². The minimum Gasteiger partial charge on any atom is -0.478 e. The molecular formula is C12H17NO4S2. The van der Waals surface area contributed by atoms with E-state index in [9.17, 15) is 13.2 Å². The quantitative estimate of drug-likeness (QED) is 0.720. The zero-order valence-electron chi connectivity index (χ0n) is 10.6. The summed E-state index contributed by atoms with van der Waals surface area (Å²) < 4.78 is 25.8. The standard InChI is InChI=1S/C12H17NO4S2/c1-2-3-8-19(16,17)13-9-11-10(6-7-18-11)4-5-12(14)15/h4-7,13H,2-3,8-9H2,1H3,(H,14,15). The molecule has 7 heteroatoms. The fraction of sp³-hybridized carbons (Fsp3) is 0.417. The van der Waals surface area contributed by atoms with Gasteiger partial charge in [0.25, 0.3) is 0 Å². The van der Waals surface area contributed by atoms with Crippen molar-refractivity contribution in [3.63, 3.8) is 0 Å². The topological polar surface area (TPSA) is 83.5 Å². The molecule has 1 heterocycles. The third kappa shape index (κ3) is 6.00. The van der Waals surface area contributed by atoms with Gasteiger partial charge in [0, 0.05) is 17.5 Å². The predicted molar refractivity (Wildman–Crippen MR) is 76.5 cm³/mol. The van der Waals surface area contributed by atoms with Crippen molar-refractivity contribution < 1.29 is 18.3 Å². The Labute approximate surface area is 117 Å². The Morgan fingerprint density at radius 2 is 2.26 bits per heavy atom. The number of carbonyl (C=O) groups is 1. The lowest BCUT2D eigenvalue weighted by atomic mass is 10.2. The summed E-state index contributed by atoms with van der Waals surface area (Å²) in [5.41, 5.74) is 0.727. The van der Waals surface area contributed by atoms with E-state index < -0.39 is 16.0 Å². The van der Waals surface area contributed by atoms with Gasteiger partial charge in [-0.1, -0.05) is 13.3 Å². The first-order valence-electron chi connectivity index (χ1n) is 5.89. The van der Waals surface area contributed by atoms with Crippen molar-refractivity contribution in [2.45, 2.75) is 26.3 Å². The van der Waals surface area contributed by atoms with E-state index in [0.29, 0.717) is 6.42 Å². The Hall–Kier alpha value is -1.18. The van der Waals surface area contributed by atoms with Gasteiger partial charge in [-0.25, -0.2) is 17.9 Å². The molecule has 0 aromatic carbocycles. The maximum Gasteiger partial charge on any atom is 0.328 e. The van der Waals surface area contributed by atoms with Crippen molar-refractivity contribution in [2.75, 3.05) is 5.75 Å². The van der Waals surface area contributed by atoms with E-state index in [-0.39, 0.29) is 12.3 Å². The fourth-order valence-electron chi connectivity index (χ4n) is 1.39. The summed E-state index contributed by atoms with van der Waals surface area (Å²) in [6.07, 6.45) is 3.96. The highest BCUT2D eigenvalue weighted by molar-refractivity contribution is 7.89. The van der Waals surface area contributed by atoms with Crippen molar-refractivity contribution in [1.29, 1.82) is 0 Å². The number of thiophene rings is 1. The van der Waals surface area contributed by atoms with E-state index >= 15 is 0 Å². The third-order valence-corrected chi connectivity index (χ3v) is 4.75. The summed E-state index contributed by atoms with van der Waals surface area (Å²) >= 11 is 1.39. The molecule has 1 rings (SSSR count). The lowest BCUT2D eigenvalue weighted by Gasteiger charge is -2.05. The maximum absolute atomic E-state index is 11.6. The highest BCUT2D eigenvalue weighted by Gasteiger charge is 2.10. The van der Waals surface area contributed by atoms with Crippen LogP contribution in [-0.2, 0) is 21.4 Å². The molecule has 2 N–H and O–H groups in total. The molecule has 0 atom stereocenters. The molecule has 1 aromatic heterocycles. The van der Waals surface area contributed by atoms with Crippen LogP contribution in [0, 0.1) is 0 Å². The molecule has 0 fully saturated rings. The van der Waals surface area contributed by atoms with E-state index in [1.165, 1.54) is 17.4 Å². The molecule has 0 bridgehead atoms. The largest absolute Gasteiger partial charge is 0.478 e. The van der Waals surface area contributed by atoms with Crippen molar-refractivity contribution in [3.05, 3.63) is 28.0 Å². The van der Waals surface area contributed by atoms with Crippen LogP contribution in [0.25, 0.3) is 6.08 Å². The molecule has 5 nitrogen and oxygen atoms in total.